The Kier molecular flexibility index (Phi) is 7.48. The van der Waals surface area contributed by atoms with E-state index >= 15 is 0 Å². The second-order valence-corrected chi connectivity index (χ2v) is 8.25. The lowest BCUT2D eigenvalue weighted by molar-refractivity contribution is -0.117. The normalized spacial score (nSPS) is 14.4. The Labute approximate surface area is 181 Å². The van der Waals surface area contributed by atoms with Crippen molar-refractivity contribution < 1.29 is 4.79 Å². The molecule has 2 aromatic rings. The van der Waals surface area contributed by atoms with Gasteiger partial charge in [0.25, 0.3) is 5.91 Å². The number of benzene rings is 2. The van der Waals surface area contributed by atoms with Crippen molar-refractivity contribution in [2.75, 3.05) is 6.54 Å². The predicted molar refractivity (Wildman–Crippen MR) is 119 cm³/mol. The molecule has 0 heterocycles. The minimum Gasteiger partial charge on any atom is -0.389 e. The number of nitrogens with one attached hydrogen (secondary N) is 2. The van der Waals surface area contributed by atoms with Crippen LogP contribution < -0.4 is 10.6 Å². The van der Waals surface area contributed by atoms with Crippen LogP contribution in [0.25, 0.3) is 0 Å². The quantitative estimate of drug-likeness (QED) is 0.362. The van der Waals surface area contributed by atoms with Gasteiger partial charge in [0, 0.05) is 17.2 Å². The Balaban J connectivity index is 1.55. The predicted octanol–water partition coefficient (Wildman–Crippen LogP) is 4.74. The van der Waals surface area contributed by atoms with Crippen LogP contribution in [0.2, 0.25) is 0 Å². The number of amides is 1. The highest BCUT2D eigenvalue weighted by atomic mass is 79.9. The number of hydrogen-bond acceptors (Lipinski definition) is 3. The molecule has 5 heteroatoms. The molecule has 3 rings (SSSR count). The summed E-state index contributed by atoms with van der Waals surface area (Å²) in [5.74, 6) is -0.355. The van der Waals surface area contributed by atoms with Gasteiger partial charge in [-0.25, -0.2) is 0 Å². The minimum atomic E-state index is -0.355. The number of rotatable bonds is 7. The van der Waals surface area contributed by atoms with Crippen molar-refractivity contribution >= 4 is 21.8 Å². The summed E-state index contributed by atoms with van der Waals surface area (Å²) in [5, 5.41) is 15.4. The zero-order chi connectivity index (χ0) is 20.6. The van der Waals surface area contributed by atoms with Crippen molar-refractivity contribution in [2.45, 2.75) is 45.1 Å². The maximum Gasteiger partial charge on any atom is 0.263 e. The molecule has 0 radical (unpaired) electrons. The number of hydrogen-bond donors (Lipinski definition) is 2. The third-order valence-electron chi connectivity index (χ3n) is 5.33. The fourth-order valence-corrected chi connectivity index (χ4v) is 4.09. The first-order valence-electron chi connectivity index (χ1n) is 10.1. The minimum absolute atomic E-state index is 0.0851. The standard InChI is InChI=1S/C24H26BrN3O/c1-17(20-11-10-18-6-2-3-8-21(18)14-20)28-24(29)22(15-26)16-27-13-12-19-7-4-5-9-23(19)25/h4-5,7,9-11,14,16-17,27H,2-3,6,8,12-13H2,1H3,(H,28,29)/b22-16-. The number of nitriles is 1. The first kappa shape index (κ1) is 21.1. The number of carbonyl (C=O) groups excluding carboxylic acids is 1. The van der Waals surface area contributed by atoms with E-state index < -0.39 is 0 Å². The van der Waals surface area contributed by atoms with Crippen molar-refractivity contribution in [2.24, 2.45) is 0 Å². The number of fused-ring (bicyclic) bond motifs is 1. The second-order valence-electron chi connectivity index (χ2n) is 7.40. The molecule has 0 bridgehead atoms. The van der Waals surface area contributed by atoms with Crippen LogP contribution in [0, 0.1) is 11.3 Å². The van der Waals surface area contributed by atoms with Crippen LogP contribution in [0.4, 0.5) is 0 Å². The SMILES string of the molecule is CC(NC(=O)/C(C#N)=C\NCCc1ccccc1Br)c1ccc2c(c1)CCCC2. The van der Waals surface area contributed by atoms with Gasteiger partial charge in [-0.05, 0) is 67.3 Å². The Morgan fingerprint density at radius 3 is 2.72 bits per heavy atom. The van der Waals surface area contributed by atoms with Crippen LogP contribution in [0.15, 0.2) is 58.7 Å². The van der Waals surface area contributed by atoms with Crippen LogP contribution in [-0.2, 0) is 24.1 Å². The smallest absolute Gasteiger partial charge is 0.263 e. The molecule has 0 saturated carbocycles. The van der Waals surface area contributed by atoms with E-state index in [0.717, 1.165) is 29.3 Å². The van der Waals surface area contributed by atoms with Gasteiger partial charge in [-0.15, -0.1) is 0 Å². The van der Waals surface area contributed by atoms with Gasteiger partial charge in [0.2, 0.25) is 0 Å². The Bertz CT molecular complexity index is 945. The van der Waals surface area contributed by atoms with Crippen LogP contribution in [0.5, 0.6) is 0 Å². The maximum atomic E-state index is 12.5. The Hall–Kier alpha value is -2.58. The van der Waals surface area contributed by atoms with Crippen molar-refractivity contribution in [3.63, 3.8) is 0 Å². The van der Waals surface area contributed by atoms with Crippen molar-refractivity contribution in [3.05, 3.63) is 81.0 Å². The fourth-order valence-electron chi connectivity index (χ4n) is 3.61. The molecule has 2 aromatic carbocycles. The van der Waals surface area contributed by atoms with Gasteiger partial charge in [0.15, 0.2) is 0 Å². The van der Waals surface area contributed by atoms with E-state index in [9.17, 15) is 10.1 Å². The van der Waals surface area contributed by atoms with E-state index in [-0.39, 0.29) is 17.5 Å². The number of carbonyl (C=O) groups is 1. The molecule has 1 aliphatic rings. The molecule has 0 saturated heterocycles. The summed E-state index contributed by atoms with van der Waals surface area (Å²) in [6, 6.07) is 16.3. The summed E-state index contributed by atoms with van der Waals surface area (Å²) in [6.45, 7) is 2.60. The Morgan fingerprint density at radius 1 is 1.21 bits per heavy atom. The lowest BCUT2D eigenvalue weighted by Gasteiger charge is -2.20. The van der Waals surface area contributed by atoms with Crippen LogP contribution >= 0.6 is 15.9 Å². The largest absolute Gasteiger partial charge is 0.389 e. The van der Waals surface area contributed by atoms with Crippen LogP contribution in [0.3, 0.4) is 0 Å². The number of halogens is 1. The van der Waals surface area contributed by atoms with E-state index in [1.165, 1.54) is 35.7 Å². The van der Waals surface area contributed by atoms with Crippen LogP contribution in [-0.4, -0.2) is 12.5 Å². The summed E-state index contributed by atoms with van der Waals surface area (Å²) in [4.78, 5) is 12.5. The van der Waals surface area contributed by atoms with Crippen LogP contribution in [0.1, 0.15) is 48.1 Å². The number of nitrogens with zero attached hydrogens (tertiary/aromatic N) is 1. The molecule has 29 heavy (non-hydrogen) atoms. The maximum absolute atomic E-state index is 12.5. The van der Waals surface area contributed by atoms with E-state index in [1.807, 2.05) is 37.3 Å². The molecule has 0 spiro atoms. The first-order chi connectivity index (χ1) is 14.1. The molecule has 1 atom stereocenters. The Morgan fingerprint density at radius 2 is 1.97 bits per heavy atom. The van der Waals surface area contributed by atoms with Gasteiger partial charge in [0.1, 0.15) is 11.6 Å². The van der Waals surface area contributed by atoms with Crippen molar-refractivity contribution in [3.8, 4) is 6.07 Å². The van der Waals surface area contributed by atoms with Gasteiger partial charge >= 0.3 is 0 Å². The number of aryl methyl sites for hydroxylation is 2. The molecule has 0 aliphatic heterocycles. The lowest BCUT2D eigenvalue weighted by atomic mass is 9.89. The zero-order valence-electron chi connectivity index (χ0n) is 16.7. The molecule has 2 N–H and O–H groups in total. The van der Waals surface area contributed by atoms with Gasteiger partial charge < -0.3 is 10.6 Å². The van der Waals surface area contributed by atoms with Gasteiger partial charge in [-0.1, -0.05) is 52.3 Å². The average molecular weight is 452 g/mol. The molecule has 0 aromatic heterocycles. The summed E-state index contributed by atoms with van der Waals surface area (Å²) in [5.41, 5.74) is 5.16. The third kappa shape index (κ3) is 5.71. The molecular formula is C24H26BrN3O. The molecule has 4 nitrogen and oxygen atoms in total. The molecule has 1 aliphatic carbocycles. The highest BCUT2D eigenvalue weighted by molar-refractivity contribution is 9.10. The van der Waals surface area contributed by atoms with Gasteiger partial charge in [-0.2, -0.15) is 5.26 Å². The monoisotopic (exact) mass is 451 g/mol. The highest BCUT2D eigenvalue weighted by Crippen LogP contribution is 2.25. The summed E-state index contributed by atoms with van der Waals surface area (Å²) >= 11 is 3.53. The van der Waals surface area contributed by atoms with Gasteiger partial charge in [-0.3, -0.25) is 4.79 Å². The average Bonchev–Trinajstić information content (AvgIpc) is 2.74. The summed E-state index contributed by atoms with van der Waals surface area (Å²) < 4.78 is 1.06. The van der Waals surface area contributed by atoms with E-state index in [2.05, 4.69) is 44.8 Å². The summed E-state index contributed by atoms with van der Waals surface area (Å²) in [7, 11) is 0. The molecule has 0 fully saturated rings. The third-order valence-corrected chi connectivity index (χ3v) is 6.10. The first-order valence-corrected chi connectivity index (χ1v) is 10.9. The van der Waals surface area contributed by atoms with E-state index in [0.29, 0.717) is 6.54 Å². The van der Waals surface area contributed by atoms with Gasteiger partial charge in [0.05, 0.1) is 6.04 Å². The molecule has 1 amide bonds. The zero-order valence-corrected chi connectivity index (χ0v) is 18.3. The lowest BCUT2D eigenvalue weighted by Crippen LogP contribution is -2.29. The molecule has 1 unspecified atom stereocenters. The van der Waals surface area contributed by atoms with Crippen molar-refractivity contribution in [1.82, 2.24) is 10.6 Å². The fraction of sp³-hybridized carbons (Fsp3) is 0.333. The summed E-state index contributed by atoms with van der Waals surface area (Å²) in [6.07, 6.45) is 7.03. The van der Waals surface area contributed by atoms with E-state index in [1.54, 1.807) is 0 Å². The van der Waals surface area contributed by atoms with E-state index in [4.69, 9.17) is 0 Å². The topological polar surface area (TPSA) is 64.9 Å². The second kappa shape index (κ2) is 10.3. The molecule has 150 valence electrons. The molecular weight excluding hydrogens is 426 g/mol. The van der Waals surface area contributed by atoms with Crippen molar-refractivity contribution in [1.29, 1.82) is 5.26 Å². The highest BCUT2D eigenvalue weighted by Gasteiger charge is 2.16.